The zero-order valence-corrected chi connectivity index (χ0v) is 28.1. The Morgan fingerprint density at radius 2 is 1.06 bits per heavy atom. The summed E-state index contributed by atoms with van der Waals surface area (Å²) >= 11 is 1.83. The van der Waals surface area contributed by atoms with Crippen molar-refractivity contribution in [1.29, 1.82) is 0 Å². The van der Waals surface area contributed by atoms with Crippen molar-refractivity contribution < 1.29 is 4.42 Å². The number of rotatable bonds is 4. The zero-order chi connectivity index (χ0) is 33.5. The van der Waals surface area contributed by atoms with Crippen molar-refractivity contribution in [3.63, 3.8) is 0 Å². The van der Waals surface area contributed by atoms with Crippen LogP contribution >= 0.6 is 11.3 Å². The van der Waals surface area contributed by atoms with Crippen LogP contribution in [0.1, 0.15) is 0 Å². The molecule has 0 aliphatic carbocycles. The maximum Gasteiger partial charge on any atom is 0.162 e. The Kier molecular flexibility index (Phi) is 6.09. The number of nitrogens with zero attached hydrogens (tertiary/aromatic N) is 3. The van der Waals surface area contributed by atoms with E-state index in [0.717, 1.165) is 55.6 Å². The summed E-state index contributed by atoms with van der Waals surface area (Å²) in [6.07, 6.45) is 0. The first-order chi connectivity index (χ1) is 25.3. The molecule has 11 rings (SSSR count). The molecular weight excluding hydrogens is 643 g/mol. The summed E-state index contributed by atoms with van der Waals surface area (Å²) < 4.78 is 11.3. The van der Waals surface area contributed by atoms with Crippen LogP contribution in [-0.4, -0.2) is 14.5 Å². The largest absolute Gasteiger partial charge is 0.456 e. The van der Waals surface area contributed by atoms with Crippen LogP contribution < -0.4 is 0 Å². The minimum Gasteiger partial charge on any atom is -0.456 e. The van der Waals surface area contributed by atoms with Gasteiger partial charge in [0.2, 0.25) is 0 Å². The summed E-state index contributed by atoms with van der Waals surface area (Å²) in [5.41, 5.74) is 9.22. The highest BCUT2D eigenvalue weighted by molar-refractivity contribution is 7.26. The Morgan fingerprint density at radius 1 is 0.431 bits per heavy atom. The molecule has 0 radical (unpaired) electrons. The van der Waals surface area contributed by atoms with Crippen LogP contribution in [0, 0.1) is 0 Å². The van der Waals surface area contributed by atoms with E-state index in [2.05, 4.69) is 150 Å². The van der Waals surface area contributed by atoms with Crippen molar-refractivity contribution in [2.75, 3.05) is 0 Å². The lowest BCUT2D eigenvalue weighted by molar-refractivity contribution is 0.669. The Bertz CT molecular complexity index is 3080. The van der Waals surface area contributed by atoms with Gasteiger partial charge >= 0.3 is 0 Å². The molecule has 51 heavy (non-hydrogen) atoms. The van der Waals surface area contributed by atoms with Gasteiger partial charge in [0.1, 0.15) is 17.0 Å². The summed E-state index contributed by atoms with van der Waals surface area (Å²) in [4.78, 5) is 10.4. The zero-order valence-electron chi connectivity index (χ0n) is 27.2. The molecule has 0 aliphatic heterocycles. The number of hydrogen-bond acceptors (Lipinski definition) is 4. The van der Waals surface area contributed by atoms with E-state index < -0.39 is 0 Å². The first-order valence-corrected chi connectivity index (χ1v) is 17.9. The quantitative estimate of drug-likeness (QED) is 0.187. The Labute approximate surface area is 296 Å². The average Bonchev–Trinajstić information content (AvgIpc) is 3.87. The van der Waals surface area contributed by atoms with E-state index in [9.17, 15) is 0 Å². The molecule has 0 N–H and O–H groups in total. The molecule has 0 unspecified atom stereocenters. The van der Waals surface area contributed by atoms with Crippen LogP contribution in [0.15, 0.2) is 168 Å². The van der Waals surface area contributed by atoms with Gasteiger partial charge in [0.15, 0.2) is 5.82 Å². The molecule has 0 amide bonds. The first-order valence-electron chi connectivity index (χ1n) is 17.1. The third-order valence-corrected chi connectivity index (χ3v) is 11.2. The fourth-order valence-corrected chi connectivity index (χ4v) is 8.78. The van der Waals surface area contributed by atoms with Crippen LogP contribution in [0.2, 0.25) is 0 Å². The SMILES string of the molecule is c1ccc(-c2ccc3sc4ccc5oc6ccc(-c7cc(-n8c9ccccc9c9ccccc98)nc(-c8ccccc8)n7)cc6c5c4c3c2)cc1. The van der Waals surface area contributed by atoms with E-state index in [0.29, 0.717) is 5.82 Å². The number of benzene rings is 7. The van der Waals surface area contributed by atoms with Gasteiger partial charge in [-0.05, 0) is 65.7 Å². The highest BCUT2D eigenvalue weighted by Gasteiger charge is 2.19. The summed E-state index contributed by atoms with van der Waals surface area (Å²) in [6.45, 7) is 0. The molecule has 0 saturated carbocycles. The van der Waals surface area contributed by atoms with Gasteiger partial charge in [-0.25, -0.2) is 9.97 Å². The van der Waals surface area contributed by atoms with Crippen LogP contribution in [0.25, 0.3) is 104 Å². The number of thiophene rings is 1. The van der Waals surface area contributed by atoms with Crippen molar-refractivity contribution in [1.82, 2.24) is 14.5 Å². The van der Waals surface area contributed by atoms with E-state index in [4.69, 9.17) is 14.4 Å². The van der Waals surface area contributed by atoms with Crippen LogP contribution in [0.3, 0.4) is 0 Å². The summed E-state index contributed by atoms with van der Waals surface area (Å²) in [5, 5.41) is 7.10. The monoisotopic (exact) mass is 669 g/mol. The number of furan rings is 1. The second-order valence-electron chi connectivity index (χ2n) is 13.0. The Morgan fingerprint density at radius 3 is 1.82 bits per heavy atom. The average molecular weight is 670 g/mol. The highest BCUT2D eigenvalue weighted by atomic mass is 32.1. The summed E-state index contributed by atoms with van der Waals surface area (Å²) in [6, 6.07) is 57.6. The molecule has 0 fully saturated rings. The van der Waals surface area contributed by atoms with E-state index in [-0.39, 0.29) is 0 Å². The topological polar surface area (TPSA) is 43.9 Å². The van der Waals surface area contributed by atoms with E-state index in [1.165, 1.54) is 42.1 Å². The molecule has 11 aromatic rings. The van der Waals surface area contributed by atoms with Gasteiger partial charge in [0, 0.05) is 58.9 Å². The predicted molar refractivity (Wildman–Crippen MR) is 213 cm³/mol. The lowest BCUT2D eigenvalue weighted by Crippen LogP contribution is -2.02. The maximum atomic E-state index is 6.52. The minimum atomic E-state index is 0.682. The first kappa shape index (κ1) is 28.3. The van der Waals surface area contributed by atoms with Crippen LogP contribution in [0.5, 0.6) is 0 Å². The van der Waals surface area contributed by atoms with E-state index in [1.807, 2.05) is 29.5 Å². The third kappa shape index (κ3) is 4.38. The molecule has 0 spiro atoms. The predicted octanol–water partition coefficient (Wildman–Crippen LogP) is 12.8. The van der Waals surface area contributed by atoms with E-state index >= 15 is 0 Å². The fourth-order valence-electron chi connectivity index (χ4n) is 7.69. The van der Waals surface area contributed by atoms with Gasteiger partial charge in [-0.1, -0.05) is 103 Å². The van der Waals surface area contributed by atoms with Crippen LogP contribution in [-0.2, 0) is 0 Å². The van der Waals surface area contributed by atoms with Crippen molar-refractivity contribution in [2.24, 2.45) is 0 Å². The third-order valence-electron chi connectivity index (χ3n) is 10.0. The molecule has 4 aromatic heterocycles. The molecular formula is C46H27N3OS. The number of fused-ring (bicyclic) bond motifs is 10. The number of para-hydroxylation sites is 2. The van der Waals surface area contributed by atoms with Crippen molar-refractivity contribution in [2.45, 2.75) is 0 Å². The minimum absolute atomic E-state index is 0.682. The van der Waals surface area contributed by atoms with Gasteiger partial charge in [-0.3, -0.25) is 4.57 Å². The lowest BCUT2D eigenvalue weighted by atomic mass is 10.00. The normalized spacial score (nSPS) is 11.9. The second-order valence-corrected chi connectivity index (χ2v) is 14.1. The number of aromatic nitrogens is 3. The molecule has 0 atom stereocenters. The molecule has 4 nitrogen and oxygen atoms in total. The van der Waals surface area contributed by atoms with Gasteiger partial charge in [0.25, 0.3) is 0 Å². The summed E-state index contributed by atoms with van der Waals surface area (Å²) in [7, 11) is 0. The van der Waals surface area contributed by atoms with Gasteiger partial charge < -0.3 is 4.42 Å². The molecule has 238 valence electrons. The van der Waals surface area contributed by atoms with Gasteiger partial charge in [-0.2, -0.15) is 0 Å². The molecule has 4 heterocycles. The molecule has 0 bridgehead atoms. The lowest BCUT2D eigenvalue weighted by Gasteiger charge is -2.12. The fraction of sp³-hybridized carbons (Fsp3) is 0. The maximum absolute atomic E-state index is 6.52. The Balaban J connectivity index is 1.17. The smallest absolute Gasteiger partial charge is 0.162 e. The standard InChI is InChI=1S/C46H27N3OS/c1-3-11-28(12-4-1)30-20-23-41-35(25-30)45-42(51-41)24-22-40-44(45)34-26-31(19-21-39(34)50-40)36-27-43(48-46(47-36)29-13-5-2-6-14-29)49-37-17-9-7-15-32(37)33-16-8-10-18-38(33)49/h1-27H. The Hall–Kier alpha value is -6.56. The van der Waals surface area contributed by atoms with Crippen molar-refractivity contribution >= 4 is 75.3 Å². The van der Waals surface area contributed by atoms with Gasteiger partial charge in [0.05, 0.1) is 16.7 Å². The second kappa shape index (κ2) is 11.0. The molecule has 0 aliphatic rings. The van der Waals surface area contributed by atoms with E-state index in [1.54, 1.807) is 0 Å². The summed E-state index contributed by atoms with van der Waals surface area (Å²) in [5.74, 6) is 1.51. The highest BCUT2D eigenvalue weighted by Crippen LogP contribution is 2.44. The van der Waals surface area contributed by atoms with Crippen molar-refractivity contribution in [3.05, 3.63) is 164 Å². The molecule has 7 aromatic carbocycles. The van der Waals surface area contributed by atoms with Gasteiger partial charge in [-0.15, -0.1) is 11.3 Å². The number of hydrogen-bond donors (Lipinski definition) is 0. The van der Waals surface area contributed by atoms with Crippen LogP contribution in [0.4, 0.5) is 0 Å². The molecule has 5 heteroatoms. The molecule has 0 saturated heterocycles. The van der Waals surface area contributed by atoms with Crippen molar-refractivity contribution in [3.8, 4) is 39.6 Å².